The Labute approximate surface area is 285 Å². The van der Waals surface area contributed by atoms with Gasteiger partial charge in [-0.25, -0.2) is 0 Å². The molecule has 0 saturated carbocycles. The van der Waals surface area contributed by atoms with Gasteiger partial charge < -0.3 is 37.9 Å². The molecule has 0 amide bonds. The SMILES string of the molecule is CCCCOc1ccc2c(c1)c1cc(OC)c(OC)cc1c1c(OC(=O)Cc3ccc(OC)c(OC)c3)cc3cc(OC)c(OC)cc3c21. The van der Waals surface area contributed by atoms with Crippen LogP contribution in [0.5, 0.6) is 46.0 Å². The molecular weight excluding hydrogens is 624 g/mol. The smallest absolute Gasteiger partial charge is 0.315 e. The second kappa shape index (κ2) is 14.3. The highest BCUT2D eigenvalue weighted by Crippen LogP contribution is 2.49. The van der Waals surface area contributed by atoms with Crippen molar-refractivity contribution >= 4 is 49.1 Å². The molecule has 6 aromatic rings. The molecule has 0 atom stereocenters. The van der Waals surface area contributed by atoms with E-state index in [1.807, 2.05) is 42.5 Å². The molecule has 49 heavy (non-hydrogen) atoms. The van der Waals surface area contributed by atoms with Gasteiger partial charge in [0.15, 0.2) is 34.5 Å². The second-order valence-electron chi connectivity index (χ2n) is 11.6. The lowest BCUT2D eigenvalue weighted by molar-refractivity contribution is -0.133. The normalized spacial score (nSPS) is 11.2. The third-order valence-corrected chi connectivity index (χ3v) is 8.74. The van der Waals surface area contributed by atoms with Crippen LogP contribution >= 0.6 is 0 Å². The molecule has 0 aliphatic carbocycles. The number of ether oxygens (including phenoxy) is 8. The molecule has 0 N–H and O–H groups in total. The van der Waals surface area contributed by atoms with Crippen LogP contribution in [0.2, 0.25) is 0 Å². The van der Waals surface area contributed by atoms with Crippen molar-refractivity contribution in [2.75, 3.05) is 49.3 Å². The highest BCUT2D eigenvalue weighted by Gasteiger charge is 2.22. The number of hydrogen-bond acceptors (Lipinski definition) is 9. The van der Waals surface area contributed by atoms with Gasteiger partial charge in [0.25, 0.3) is 0 Å². The molecule has 0 bridgehead atoms. The van der Waals surface area contributed by atoms with Crippen molar-refractivity contribution in [3.05, 3.63) is 72.3 Å². The van der Waals surface area contributed by atoms with E-state index in [1.165, 1.54) is 0 Å². The molecule has 0 spiro atoms. The van der Waals surface area contributed by atoms with E-state index < -0.39 is 5.97 Å². The zero-order valence-electron chi connectivity index (χ0n) is 28.9. The summed E-state index contributed by atoms with van der Waals surface area (Å²) in [6, 6.07) is 21.1. The van der Waals surface area contributed by atoms with E-state index in [2.05, 4.69) is 19.1 Å². The Bertz CT molecular complexity index is 2190. The van der Waals surface area contributed by atoms with Crippen LogP contribution in [-0.4, -0.2) is 55.2 Å². The third-order valence-electron chi connectivity index (χ3n) is 8.74. The first-order valence-electron chi connectivity index (χ1n) is 16.1. The maximum Gasteiger partial charge on any atom is 0.315 e. The summed E-state index contributed by atoms with van der Waals surface area (Å²) in [6.07, 6.45) is 1.99. The predicted molar refractivity (Wildman–Crippen MR) is 192 cm³/mol. The van der Waals surface area contributed by atoms with E-state index >= 15 is 0 Å². The third kappa shape index (κ3) is 6.24. The Morgan fingerprint density at radius 2 is 1.10 bits per heavy atom. The van der Waals surface area contributed by atoms with Gasteiger partial charge in [-0.1, -0.05) is 25.5 Å². The average molecular weight is 665 g/mol. The van der Waals surface area contributed by atoms with Gasteiger partial charge >= 0.3 is 5.97 Å². The van der Waals surface area contributed by atoms with Gasteiger partial charge in [0.1, 0.15) is 11.5 Å². The van der Waals surface area contributed by atoms with Crippen molar-refractivity contribution in [1.29, 1.82) is 0 Å². The van der Waals surface area contributed by atoms with Crippen molar-refractivity contribution in [3.8, 4) is 46.0 Å². The van der Waals surface area contributed by atoms with Crippen LogP contribution in [-0.2, 0) is 11.2 Å². The molecular formula is C40H40O9. The fourth-order valence-corrected chi connectivity index (χ4v) is 6.34. The molecule has 9 nitrogen and oxygen atoms in total. The van der Waals surface area contributed by atoms with E-state index in [-0.39, 0.29) is 6.42 Å². The average Bonchev–Trinajstić information content (AvgIpc) is 3.13. The molecule has 0 aliphatic rings. The Balaban J connectivity index is 1.66. The summed E-state index contributed by atoms with van der Waals surface area (Å²) in [6.45, 7) is 2.75. The number of benzene rings is 6. The van der Waals surface area contributed by atoms with E-state index in [0.29, 0.717) is 46.9 Å². The molecule has 6 aromatic carbocycles. The molecule has 0 radical (unpaired) electrons. The zero-order valence-corrected chi connectivity index (χ0v) is 28.9. The largest absolute Gasteiger partial charge is 0.494 e. The molecule has 0 aromatic heterocycles. The lowest BCUT2D eigenvalue weighted by Gasteiger charge is -2.20. The van der Waals surface area contributed by atoms with Crippen LogP contribution in [0.4, 0.5) is 0 Å². The highest BCUT2D eigenvalue weighted by molar-refractivity contribution is 6.33. The van der Waals surface area contributed by atoms with Gasteiger partial charge in [-0.2, -0.15) is 0 Å². The monoisotopic (exact) mass is 664 g/mol. The molecule has 6 rings (SSSR count). The highest BCUT2D eigenvalue weighted by atomic mass is 16.5. The second-order valence-corrected chi connectivity index (χ2v) is 11.6. The van der Waals surface area contributed by atoms with Crippen LogP contribution in [0.25, 0.3) is 43.1 Å². The number of rotatable bonds is 13. The lowest BCUT2D eigenvalue weighted by atomic mass is 9.89. The van der Waals surface area contributed by atoms with Crippen LogP contribution < -0.4 is 37.9 Å². The minimum Gasteiger partial charge on any atom is -0.494 e. The van der Waals surface area contributed by atoms with Crippen LogP contribution in [0.15, 0.2) is 66.7 Å². The molecule has 0 fully saturated rings. The standard InChI is InChI=1S/C40H40O9/c1-8-9-14-48-25-11-12-26-28(19-25)29-21-35(46-6)36(47-7)22-30(29)40-37(18-24-17-33(44-4)34(45-5)20-27(24)39(26)40)49-38(41)16-23-10-13-31(42-2)32(15-23)43-3/h10-13,15,17-22H,8-9,14,16H2,1-7H3. The van der Waals surface area contributed by atoms with E-state index in [1.54, 1.807) is 54.8 Å². The van der Waals surface area contributed by atoms with Gasteiger partial charge in [-0.15, -0.1) is 0 Å². The van der Waals surface area contributed by atoms with Gasteiger partial charge in [0.2, 0.25) is 0 Å². The number of fused-ring (bicyclic) bond motifs is 8. The van der Waals surface area contributed by atoms with Crippen molar-refractivity contribution in [2.45, 2.75) is 26.2 Å². The van der Waals surface area contributed by atoms with Crippen molar-refractivity contribution in [2.24, 2.45) is 0 Å². The van der Waals surface area contributed by atoms with Crippen molar-refractivity contribution in [3.63, 3.8) is 0 Å². The van der Waals surface area contributed by atoms with Crippen LogP contribution in [0, 0.1) is 0 Å². The maximum absolute atomic E-state index is 13.7. The number of methoxy groups -OCH3 is 6. The predicted octanol–water partition coefficient (Wildman–Crippen LogP) is 8.68. The minimum atomic E-state index is -0.443. The number of carbonyl (C=O) groups excluding carboxylic acids is 1. The fraction of sp³-hybridized carbons (Fsp3) is 0.275. The Morgan fingerprint density at radius 1 is 0.531 bits per heavy atom. The number of esters is 1. The quantitative estimate of drug-likeness (QED) is 0.0521. The number of carbonyl (C=O) groups is 1. The van der Waals surface area contributed by atoms with Crippen LogP contribution in [0.3, 0.4) is 0 Å². The summed E-state index contributed by atoms with van der Waals surface area (Å²) in [5.41, 5.74) is 0.719. The minimum absolute atomic E-state index is 0.00688. The molecule has 0 saturated heterocycles. The summed E-state index contributed by atoms with van der Waals surface area (Å²) >= 11 is 0. The summed E-state index contributed by atoms with van der Waals surface area (Å²) in [7, 11) is 9.55. The van der Waals surface area contributed by atoms with E-state index in [0.717, 1.165) is 67.2 Å². The maximum atomic E-state index is 13.7. The van der Waals surface area contributed by atoms with Gasteiger partial charge in [0, 0.05) is 10.8 Å². The molecule has 0 unspecified atom stereocenters. The molecule has 0 heterocycles. The van der Waals surface area contributed by atoms with E-state index in [4.69, 9.17) is 37.9 Å². The first-order chi connectivity index (χ1) is 23.9. The number of unbranched alkanes of at least 4 members (excludes halogenated alkanes) is 1. The Morgan fingerprint density at radius 3 is 1.76 bits per heavy atom. The van der Waals surface area contributed by atoms with Gasteiger partial charge in [-0.05, 0) is 98.9 Å². The summed E-state index contributed by atoms with van der Waals surface area (Å²) in [5.74, 6) is 4.07. The fourth-order valence-electron chi connectivity index (χ4n) is 6.34. The Hall–Kier alpha value is -5.57. The van der Waals surface area contributed by atoms with Crippen molar-refractivity contribution in [1.82, 2.24) is 0 Å². The first-order valence-corrected chi connectivity index (χ1v) is 16.1. The molecule has 0 aliphatic heterocycles. The topological polar surface area (TPSA) is 90.9 Å². The van der Waals surface area contributed by atoms with Crippen LogP contribution in [0.1, 0.15) is 25.3 Å². The summed E-state index contributed by atoms with van der Waals surface area (Å²) in [5, 5.41) is 6.91. The van der Waals surface area contributed by atoms with Crippen molar-refractivity contribution < 1.29 is 42.7 Å². The zero-order chi connectivity index (χ0) is 34.7. The molecule has 254 valence electrons. The van der Waals surface area contributed by atoms with E-state index in [9.17, 15) is 4.79 Å². The Kier molecular flexibility index (Phi) is 9.71. The summed E-state index contributed by atoms with van der Waals surface area (Å²) in [4.78, 5) is 13.7. The first kappa shape index (κ1) is 33.3. The lowest BCUT2D eigenvalue weighted by Crippen LogP contribution is -2.12. The van der Waals surface area contributed by atoms with Gasteiger partial charge in [-0.3, -0.25) is 4.79 Å². The molecule has 9 heteroatoms. The number of hydrogen-bond donors (Lipinski definition) is 0. The van der Waals surface area contributed by atoms with Gasteiger partial charge in [0.05, 0.1) is 55.7 Å². The summed E-state index contributed by atoms with van der Waals surface area (Å²) < 4.78 is 46.2.